The number of carbonyl (C=O) groups excluding carboxylic acids is 2. The maximum Gasteiger partial charge on any atom is 0.283 e. The molecule has 6 nitrogen and oxygen atoms in total. The number of hydrogen-bond donors (Lipinski definition) is 1. The normalized spacial score (nSPS) is 13.5. The number of nitrogens with zero attached hydrogens (tertiary/aromatic N) is 1. The number of aryl methyl sites for hydroxylation is 1. The number of rotatable bonds is 7. The van der Waals surface area contributed by atoms with Gasteiger partial charge in [-0.3, -0.25) is 9.59 Å². The maximum atomic E-state index is 13.5. The van der Waals surface area contributed by atoms with E-state index in [9.17, 15) is 9.59 Å². The van der Waals surface area contributed by atoms with Crippen LogP contribution in [-0.4, -0.2) is 26.0 Å². The third-order valence-electron chi connectivity index (χ3n) is 5.09. The molecule has 0 saturated heterocycles. The predicted molar refractivity (Wildman–Crippen MR) is 131 cm³/mol. The molecule has 168 valence electrons. The quantitative estimate of drug-likeness (QED) is 0.440. The Morgan fingerprint density at radius 3 is 2.33 bits per heavy atom. The van der Waals surface area contributed by atoms with E-state index in [1.165, 1.54) is 18.9 Å². The smallest absolute Gasteiger partial charge is 0.283 e. The number of methoxy groups -OCH3 is 2. The summed E-state index contributed by atoms with van der Waals surface area (Å²) in [6, 6.07) is 19.7. The second kappa shape index (κ2) is 9.60. The van der Waals surface area contributed by atoms with E-state index in [-0.39, 0.29) is 10.6 Å². The highest BCUT2D eigenvalue weighted by Crippen LogP contribution is 2.40. The molecule has 4 rings (SSSR count). The molecule has 0 radical (unpaired) electrons. The molecule has 0 aliphatic carbocycles. The minimum atomic E-state index is -0.476. The third kappa shape index (κ3) is 4.55. The van der Waals surface area contributed by atoms with Crippen molar-refractivity contribution in [2.45, 2.75) is 11.8 Å². The first-order valence-corrected chi connectivity index (χ1v) is 11.2. The van der Waals surface area contributed by atoms with Gasteiger partial charge in [0.05, 0.1) is 25.6 Å². The van der Waals surface area contributed by atoms with Crippen molar-refractivity contribution < 1.29 is 19.1 Å². The fourth-order valence-electron chi connectivity index (χ4n) is 3.31. The van der Waals surface area contributed by atoms with Gasteiger partial charge < -0.3 is 14.8 Å². The zero-order valence-corrected chi connectivity index (χ0v) is 19.8. The number of amides is 2. The summed E-state index contributed by atoms with van der Waals surface area (Å²) in [7, 11) is 3.08. The van der Waals surface area contributed by atoms with Gasteiger partial charge in [-0.1, -0.05) is 47.6 Å². The van der Waals surface area contributed by atoms with Crippen LogP contribution < -0.4 is 19.7 Å². The molecule has 8 heteroatoms. The maximum absolute atomic E-state index is 13.5. The highest BCUT2D eigenvalue weighted by atomic mass is 35.5. The summed E-state index contributed by atoms with van der Waals surface area (Å²) in [5.41, 5.74) is 1.95. The van der Waals surface area contributed by atoms with Gasteiger partial charge in [0.1, 0.15) is 22.1 Å². The molecule has 0 atom stereocenters. The van der Waals surface area contributed by atoms with Gasteiger partial charge in [-0.05, 0) is 48.9 Å². The number of carbonyl (C=O) groups is 2. The number of ether oxygens (including phenoxy) is 2. The van der Waals surface area contributed by atoms with Crippen LogP contribution in [0, 0.1) is 6.92 Å². The summed E-state index contributed by atoms with van der Waals surface area (Å²) >= 11 is 7.50. The summed E-state index contributed by atoms with van der Waals surface area (Å²) in [5.74, 6) is 0.179. The minimum Gasteiger partial charge on any atom is -0.497 e. The van der Waals surface area contributed by atoms with Crippen LogP contribution in [0.4, 0.5) is 11.4 Å². The van der Waals surface area contributed by atoms with E-state index in [1.807, 2.05) is 37.3 Å². The molecule has 0 spiro atoms. The second-order valence-corrected chi connectivity index (χ2v) is 8.68. The Morgan fingerprint density at radius 1 is 0.909 bits per heavy atom. The highest BCUT2D eigenvalue weighted by Gasteiger charge is 2.40. The van der Waals surface area contributed by atoms with Crippen molar-refractivity contribution >= 4 is 46.6 Å². The summed E-state index contributed by atoms with van der Waals surface area (Å²) in [4.78, 5) is 29.2. The molecule has 33 heavy (non-hydrogen) atoms. The topological polar surface area (TPSA) is 67.9 Å². The first kappa shape index (κ1) is 22.8. The van der Waals surface area contributed by atoms with E-state index < -0.39 is 11.8 Å². The van der Waals surface area contributed by atoms with E-state index in [1.54, 1.807) is 43.5 Å². The van der Waals surface area contributed by atoms with Gasteiger partial charge in [0.15, 0.2) is 0 Å². The van der Waals surface area contributed by atoms with Crippen LogP contribution in [0.1, 0.15) is 5.56 Å². The molecule has 2 amide bonds. The molecule has 1 aliphatic rings. The van der Waals surface area contributed by atoms with Gasteiger partial charge >= 0.3 is 0 Å². The van der Waals surface area contributed by atoms with Crippen molar-refractivity contribution in [3.05, 3.63) is 87.9 Å². The van der Waals surface area contributed by atoms with Crippen molar-refractivity contribution in [3.8, 4) is 11.5 Å². The van der Waals surface area contributed by atoms with Gasteiger partial charge in [0, 0.05) is 16.0 Å². The van der Waals surface area contributed by atoms with Crippen molar-refractivity contribution in [1.82, 2.24) is 0 Å². The van der Waals surface area contributed by atoms with Gasteiger partial charge in [-0.2, -0.15) is 0 Å². The van der Waals surface area contributed by atoms with Crippen LogP contribution in [0.25, 0.3) is 0 Å². The molecule has 1 N–H and O–H groups in total. The van der Waals surface area contributed by atoms with E-state index in [0.29, 0.717) is 27.9 Å². The molecule has 3 aromatic rings. The molecule has 0 unspecified atom stereocenters. The van der Waals surface area contributed by atoms with Crippen LogP contribution in [-0.2, 0) is 9.59 Å². The van der Waals surface area contributed by atoms with Gasteiger partial charge in [-0.15, -0.1) is 0 Å². The molecule has 1 aliphatic heterocycles. The predicted octanol–water partition coefficient (Wildman–Crippen LogP) is 5.65. The Hall–Kier alpha value is -3.42. The van der Waals surface area contributed by atoms with Gasteiger partial charge in [-0.25, -0.2) is 4.90 Å². The molecular weight excluding hydrogens is 460 g/mol. The average Bonchev–Trinajstić information content (AvgIpc) is 3.05. The summed E-state index contributed by atoms with van der Waals surface area (Å²) in [5, 5.41) is 3.60. The SMILES string of the molecule is COc1ccc(NC2=C(Sc3ccccc3)C(=O)N(c3ccc(C)c(Cl)c3)C2=O)c(OC)c1. The number of imide groups is 1. The van der Waals surface area contributed by atoms with E-state index in [0.717, 1.165) is 15.4 Å². The first-order chi connectivity index (χ1) is 15.9. The number of benzene rings is 3. The van der Waals surface area contributed by atoms with E-state index in [2.05, 4.69) is 5.32 Å². The minimum absolute atomic E-state index is 0.161. The van der Waals surface area contributed by atoms with Crippen molar-refractivity contribution in [2.75, 3.05) is 24.4 Å². The van der Waals surface area contributed by atoms with E-state index >= 15 is 0 Å². The van der Waals surface area contributed by atoms with Crippen LogP contribution in [0.2, 0.25) is 5.02 Å². The Labute approximate surface area is 201 Å². The number of anilines is 2. The summed E-state index contributed by atoms with van der Waals surface area (Å²) in [6.07, 6.45) is 0. The number of halogens is 1. The van der Waals surface area contributed by atoms with Crippen LogP contribution in [0.5, 0.6) is 11.5 Å². The Morgan fingerprint density at radius 2 is 1.67 bits per heavy atom. The monoisotopic (exact) mass is 480 g/mol. The number of thioether (sulfide) groups is 1. The van der Waals surface area contributed by atoms with Gasteiger partial charge in [0.2, 0.25) is 0 Å². The van der Waals surface area contributed by atoms with Crippen LogP contribution in [0.3, 0.4) is 0 Å². The lowest BCUT2D eigenvalue weighted by Crippen LogP contribution is -2.32. The lowest BCUT2D eigenvalue weighted by Gasteiger charge is -2.17. The lowest BCUT2D eigenvalue weighted by molar-refractivity contribution is -0.120. The Kier molecular flexibility index (Phi) is 6.62. The van der Waals surface area contributed by atoms with Crippen molar-refractivity contribution in [2.24, 2.45) is 0 Å². The van der Waals surface area contributed by atoms with Crippen molar-refractivity contribution in [3.63, 3.8) is 0 Å². The second-order valence-electron chi connectivity index (χ2n) is 7.19. The summed E-state index contributed by atoms with van der Waals surface area (Å²) in [6.45, 7) is 1.86. The third-order valence-corrected chi connectivity index (χ3v) is 6.58. The molecule has 0 aromatic heterocycles. The first-order valence-electron chi connectivity index (χ1n) is 10.0. The number of hydrogen-bond acceptors (Lipinski definition) is 6. The van der Waals surface area contributed by atoms with E-state index in [4.69, 9.17) is 21.1 Å². The van der Waals surface area contributed by atoms with Gasteiger partial charge in [0.25, 0.3) is 11.8 Å². The summed E-state index contributed by atoms with van der Waals surface area (Å²) < 4.78 is 10.7. The lowest BCUT2D eigenvalue weighted by atomic mass is 10.2. The Bertz CT molecular complexity index is 1260. The molecular formula is C25H21ClN2O4S. The fourth-order valence-corrected chi connectivity index (χ4v) is 4.44. The van der Waals surface area contributed by atoms with Crippen LogP contribution in [0.15, 0.2) is 82.2 Å². The average molecular weight is 481 g/mol. The highest BCUT2D eigenvalue weighted by molar-refractivity contribution is 8.04. The molecule has 0 saturated carbocycles. The molecule has 1 heterocycles. The zero-order valence-electron chi connectivity index (χ0n) is 18.2. The molecule has 3 aromatic carbocycles. The zero-order chi connectivity index (χ0) is 23.5. The van der Waals surface area contributed by atoms with Crippen molar-refractivity contribution in [1.29, 1.82) is 0 Å². The number of nitrogens with one attached hydrogen (secondary N) is 1. The van der Waals surface area contributed by atoms with Crippen LogP contribution >= 0.6 is 23.4 Å². The Balaban J connectivity index is 1.77. The molecule has 0 bridgehead atoms. The largest absolute Gasteiger partial charge is 0.497 e. The molecule has 0 fully saturated rings. The fraction of sp³-hybridized carbons (Fsp3) is 0.120. The standard InChI is InChI=1S/C25H21ClN2O4S/c1-15-9-10-16(13-19(15)26)28-24(29)22(23(25(28)30)33-18-7-5-4-6-8-18)27-20-12-11-17(31-2)14-21(20)32-3/h4-14,27H,1-3H3.